The normalized spacial score (nSPS) is 18.4. The van der Waals surface area contributed by atoms with Crippen LogP contribution in [0.4, 0.5) is 0 Å². The van der Waals surface area contributed by atoms with Crippen LogP contribution in [-0.2, 0) is 9.53 Å². The van der Waals surface area contributed by atoms with Crippen LogP contribution in [0, 0.1) is 6.92 Å². The maximum Gasteiger partial charge on any atom is 0.330 e. The summed E-state index contributed by atoms with van der Waals surface area (Å²) in [6, 6.07) is 4.34. The predicted molar refractivity (Wildman–Crippen MR) is 77.2 cm³/mol. The van der Waals surface area contributed by atoms with Crippen molar-refractivity contribution < 1.29 is 19.4 Å². The number of carbonyl (C=O) groups is 2. The molecular formula is C15H20N2O4. The van der Waals surface area contributed by atoms with E-state index in [0.717, 1.165) is 0 Å². The fourth-order valence-electron chi connectivity index (χ4n) is 2.38. The van der Waals surface area contributed by atoms with E-state index in [1.54, 1.807) is 32.0 Å². The van der Waals surface area contributed by atoms with Crippen LogP contribution in [-0.4, -0.2) is 54.2 Å². The van der Waals surface area contributed by atoms with Gasteiger partial charge in [-0.2, -0.15) is 0 Å². The monoisotopic (exact) mass is 292 g/mol. The van der Waals surface area contributed by atoms with Gasteiger partial charge in [0.15, 0.2) is 0 Å². The van der Waals surface area contributed by atoms with Gasteiger partial charge in [-0.05, 0) is 25.5 Å². The SMILES string of the molecule is CCOC(=O)C1CNCCN1C(=O)c1cccc(C)c1O. The Bertz CT molecular complexity index is 544. The Balaban J connectivity index is 2.26. The first-order chi connectivity index (χ1) is 10.1. The van der Waals surface area contributed by atoms with Crippen molar-refractivity contribution in [2.75, 3.05) is 26.2 Å². The molecule has 6 nitrogen and oxygen atoms in total. The second-order valence-electron chi connectivity index (χ2n) is 4.94. The van der Waals surface area contributed by atoms with Gasteiger partial charge in [0.1, 0.15) is 11.8 Å². The summed E-state index contributed by atoms with van der Waals surface area (Å²) < 4.78 is 5.02. The molecular weight excluding hydrogens is 272 g/mol. The number of phenolic OH excluding ortho intramolecular Hbond substituents is 1. The molecule has 0 bridgehead atoms. The first-order valence-electron chi connectivity index (χ1n) is 7.03. The topological polar surface area (TPSA) is 78.9 Å². The molecule has 1 heterocycles. The summed E-state index contributed by atoms with van der Waals surface area (Å²) in [5.74, 6) is -0.815. The smallest absolute Gasteiger partial charge is 0.330 e. The van der Waals surface area contributed by atoms with Crippen molar-refractivity contribution in [3.05, 3.63) is 29.3 Å². The fourth-order valence-corrected chi connectivity index (χ4v) is 2.38. The minimum atomic E-state index is -0.661. The van der Waals surface area contributed by atoms with Crippen LogP contribution in [0.15, 0.2) is 18.2 Å². The van der Waals surface area contributed by atoms with E-state index in [9.17, 15) is 14.7 Å². The highest BCUT2D eigenvalue weighted by molar-refractivity contribution is 5.99. The number of ether oxygens (including phenoxy) is 1. The number of aryl methyl sites for hydroxylation is 1. The Morgan fingerprint density at radius 1 is 1.48 bits per heavy atom. The standard InChI is InChI=1S/C15H20N2O4/c1-3-21-15(20)12-9-16-7-8-17(12)14(19)11-6-4-5-10(2)13(11)18/h4-6,12,16,18H,3,7-9H2,1-2H3. The molecule has 0 spiro atoms. The molecule has 2 rings (SSSR count). The summed E-state index contributed by atoms with van der Waals surface area (Å²) in [5.41, 5.74) is 0.842. The van der Waals surface area contributed by atoms with E-state index in [1.807, 2.05) is 0 Å². The number of nitrogens with zero attached hydrogens (tertiary/aromatic N) is 1. The van der Waals surface area contributed by atoms with Gasteiger partial charge in [0.2, 0.25) is 0 Å². The van der Waals surface area contributed by atoms with Crippen LogP contribution in [0.1, 0.15) is 22.8 Å². The molecule has 1 amide bonds. The molecule has 21 heavy (non-hydrogen) atoms. The molecule has 1 atom stereocenters. The van der Waals surface area contributed by atoms with Crippen LogP contribution in [0.25, 0.3) is 0 Å². The van der Waals surface area contributed by atoms with Gasteiger partial charge in [0.05, 0.1) is 12.2 Å². The average Bonchev–Trinajstić information content (AvgIpc) is 2.49. The molecule has 1 fully saturated rings. The maximum absolute atomic E-state index is 12.6. The predicted octanol–water partition coefficient (Wildman–Crippen LogP) is 0.678. The molecule has 1 unspecified atom stereocenters. The van der Waals surface area contributed by atoms with Gasteiger partial charge in [0.25, 0.3) is 5.91 Å². The molecule has 1 saturated heterocycles. The van der Waals surface area contributed by atoms with Gasteiger partial charge >= 0.3 is 5.97 Å². The van der Waals surface area contributed by atoms with Crippen LogP contribution in [0.3, 0.4) is 0 Å². The third kappa shape index (κ3) is 3.16. The zero-order chi connectivity index (χ0) is 15.4. The van der Waals surface area contributed by atoms with Crippen molar-refractivity contribution in [2.24, 2.45) is 0 Å². The summed E-state index contributed by atoms with van der Waals surface area (Å²) in [5, 5.41) is 13.1. The third-order valence-electron chi connectivity index (χ3n) is 3.53. The highest BCUT2D eigenvalue weighted by atomic mass is 16.5. The van der Waals surface area contributed by atoms with Crippen LogP contribution < -0.4 is 5.32 Å². The number of phenols is 1. The van der Waals surface area contributed by atoms with Gasteiger partial charge in [-0.15, -0.1) is 0 Å². The number of nitrogens with one attached hydrogen (secondary N) is 1. The zero-order valence-electron chi connectivity index (χ0n) is 12.3. The maximum atomic E-state index is 12.6. The average molecular weight is 292 g/mol. The van der Waals surface area contributed by atoms with Gasteiger partial charge in [-0.25, -0.2) is 4.79 Å². The number of amides is 1. The van der Waals surface area contributed by atoms with E-state index in [4.69, 9.17) is 4.74 Å². The first-order valence-corrected chi connectivity index (χ1v) is 7.03. The Labute approximate surface area is 123 Å². The lowest BCUT2D eigenvalue weighted by Crippen LogP contribution is -2.57. The number of hydrogen-bond donors (Lipinski definition) is 2. The van der Waals surface area contributed by atoms with E-state index >= 15 is 0 Å². The second kappa shape index (κ2) is 6.58. The molecule has 1 aromatic rings. The summed E-state index contributed by atoms with van der Waals surface area (Å²) in [4.78, 5) is 26.1. The first kappa shape index (κ1) is 15.3. The molecule has 0 aliphatic carbocycles. The Kier molecular flexibility index (Phi) is 4.80. The van der Waals surface area contributed by atoms with Crippen LogP contribution >= 0.6 is 0 Å². The molecule has 1 aromatic carbocycles. The molecule has 114 valence electrons. The van der Waals surface area contributed by atoms with Crippen molar-refractivity contribution in [3.8, 4) is 5.75 Å². The Morgan fingerprint density at radius 2 is 2.24 bits per heavy atom. The lowest BCUT2D eigenvalue weighted by molar-refractivity contribution is -0.149. The summed E-state index contributed by atoms with van der Waals surface area (Å²) in [7, 11) is 0. The highest BCUT2D eigenvalue weighted by Crippen LogP contribution is 2.24. The van der Waals surface area contributed by atoms with Crippen molar-refractivity contribution in [1.82, 2.24) is 10.2 Å². The molecule has 1 aliphatic rings. The lowest BCUT2D eigenvalue weighted by atomic mass is 10.1. The second-order valence-corrected chi connectivity index (χ2v) is 4.94. The third-order valence-corrected chi connectivity index (χ3v) is 3.53. The van der Waals surface area contributed by atoms with E-state index < -0.39 is 12.0 Å². The highest BCUT2D eigenvalue weighted by Gasteiger charge is 2.34. The van der Waals surface area contributed by atoms with Gasteiger partial charge in [-0.1, -0.05) is 12.1 Å². The Morgan fingerprint density at radius 3 is 2.95 bits per heavy atom. The van der Waals surface area contributed by atoms with Crippen LogP contribution in [0.5, 0.6) is 5.75 Å². The minimum Gasteiger partial charge on any atom is -0.507 e. The van der Waals surface area contributed by atoms with Crippen molar-refractivity contribution >= 4 is 11.9 Å². The van der Waals surface area contributed by atoms with Gasteiger partial charge in [-0.3, -0.25) is 4.79 Å². The Hall–Kier alpha value is -2.08. The number of hydrogen-bond acceptors (Lipinski definition) is 5. The molecule has 0 saturated carbocycles. The quantitative estimate of drug-likeness (QED) is 0.801. The number of rotatable bonds is 3. The zero-order valence-corrected chi connectivity index (χ0v) is 12.3. The van der Waals surface area contributed by atoms with E-state index in [0.29, 0.717) is 25.2 Å². The summed E-state index contributed by atoms with van der Waals surface area (Å²) in [6.07, 6.45) is 0. The number of benzene rings is 1. The molecule has 0 aromatic heterocycles. The largest absolute Gasteiger partial charge is 0.507 e. The molecule has 2 N–H and O–H groups in total. The fraction of sp³-hybridized carbons (Fsp3) is 0.467. The summed E-state index contributed by atoms with van der Waals surface area (Å²) in [6.45, 7) is 5.09. The van der Waals surface area contributed by atoms with Gasteiger partial charge < -0.3 is 20.1 Å². The molecule has 1 aliphatic heterocycles. The number of carbonyl (C=O) groups excluding carboxylic acids is 2. The molecule has 0 radical (unpaired) electrons. The lowest BCUT2D eigenvalue weighted by Gasteiger charge is -2.34. The number of piperazine rings is 1. The number of esters is 1. The van der Waals surface area contributed by atoms with Crippen LogP contribution in [0.2, 0.25) is 0 Å². The van der Waals surface area contributed by atoms with Gasteiger partial charge in [0, 0.05) is 19.6 Å². The van der Waals surface area contributed by atoms with Crippen molar-refractivity contribution in [1.29, 1.82) is 0 Å². The van der Waals surface area contributed by atoms with Crippen molar-refractivity contribution in [2.45, 2.75) is 19.9 Å². The molecule has 6 heteroatoms. The van der Waals surface area contributed by atoms with E-state index in [2.05, 4.69) is 5.32 Å². The minimum absolute atomic E-state index is 0.0383. The van der Waals surface area contributed by atoms with Crippen molar-refractivity contribution in [3.63, 3.8) is 0 Å². The van der Waals surface area contributed by atoms with E-state index in [1.165, 1.54) is 4.90 Å². The number of para-hydroxylation sites is 1. The van der Waals surface area contributed by atoms with E-state index in [-0.39, 0.29) is 23.8 Å². The summed E-state index contributed by atoms with van der Waals surface area (Å²) >= 11 is 0. The number of aromatic hydroxyl groups is 1.